The van der Waals surface area contributed by atoms with Crippen molar-refractivity contribution in [2.75, 3.05) is 7.11 Å². The Bertz CT molecular complexity index is 492. The van der Waals surface area contributed by atoms with Gasteiger partial charge in [-0.2, -0.15) is 8.78 Å². The van der Waals surface area contributed by atoms with E-state index in [2.05, 4.69) is 0 Å². The Balaban J connectivity index is 2.30. The van der Waals surface area contributed by atoms with Gasteiger partial charge in [-0.05, 0) is 5.56 Å². The lowest BCUT2D eigenvalue weighted by molar-refractivity contribution is 0.0428. The molecule has 0 bridgehead atoms. The Morgan fingerprint density at radius 1 is 0.889 bits per heavy atom. The van der Waals surface area contributed by atoms with Gasteiger partial charge in [-0.25, -0.2) is 0 Å². The maximum atomic E-state index is 14.2. The topological polar surface area (TPSA) is 9.23 Å². The molecule has 0 fully saturated rings. The monoisotopic (exact) mass is 248 g/mol. The summed E-state index contributed by atoms with van der Waals surface area (Å²) in [6.45, 7) is 0.428. The van der Waals surface area contributed by atoms with Crippen LogP contribution in [0.3, 0.4) is 0 Å². The molecule has 0 aromatic heterocycles. The van der Waals surface area contributed by atoms with Gasteiger partial charge in [0.05, 0.1) is 6.61 Å². The smallest absolute Gasteiger partial charge is 0.298 e. The summed E-state index contributed by atoms with van der Waals surface area (Å²) in [5.41, 5.74) is 0.878. The fourth-order valence-electron chi connectivity index (χ4n) is 1.79. The number of methoxy groups -OCH3 is 1. The molecule has 0 amide bonds. The van der Waals surface area contributed by atoms with Crippen LogP contribution in [0.5, 0.6) is 0 Å². The fourth-order valence-corrected chi connectivity index (χ4v) is 1.79. The molecule has 0 saturated heterocycles. The molecule has 0 heterocycles. The number of rotatable bonds is 4. The zero-order valence-corrected chi connectivity index (χ0v) is 10.1. The quantitative estimate of drug-likeness (QED) is 0.795. The Morgan fingerprint density at radius 3 is 2.00 bits per heavy atom. The summed E-state index contributed by atoms with van der Waals surface area (Å²) in [6.07, 6.45) is 0. The first-order chi connectivity index (χ1) is 8.64. The van der Waals surface area contributed by atoms with E-state index >= 15 is 0 Å². The highest BCUT2D eigenvalue weighted by atomic mass is 19.3. The summed E-state index contributed by atoms with van der Waals surface area (Å²) >= 11 is 0. The van der Waals surface area contributed by atoms with Crippen molar-refractivity contribution in [3.63, 3.8) is 0 Å². The standard InChI is InChI=1S/C15H14F2O/c1-18-11-12-7-9-14(10-8-12)15(16,17)13-5-3-2-4-6-13/h2-10H,11H2,1H3. The highest BCUT2D eigenvalue weighted by Gasteiger charge is 2.33. The third-order valence-electron chi connectivity index (χ3n) is 2.76. The van der Waals surface area contributed by atoms with Crippen molar-refractivity contribution >= 4 is 0 Å². The Labute approximate surface area is 105 Å². The first-order valence-corrected chi connectivity index (χ1v) is 5.66. The third-order valence-corrected chi connectivity index (χ3v) is 2.76. The minimum Gasteiger partial charge on any atom is -0.380 e. The summed E-state index contributed by atoms with van der Waals surface area (Å²) in [5, 5.41) is 0. The molecule has 0 N–H and O–H groups in total. The van der Waals surface area contributed by atoms with Crippen LogP contribution in [0.2, 0.25) is 0 Å². The molecule has 3 heteroatoms. The van der Waals surface area contributed by atoms with Gasteiger partial charge in [0.15, 0.2) is 0 Å². The minimum absolute atomic E-state index is 0.00416. The fraction of sp³-hybridized carbons (Fsp3) is 0.200. The van der Waals surface area contributed by atoms with Crippen molar-refractivity contribution in [2.24, 2.45) is 0 Å². The average Bonchev–Trinajstić information content (AvgIpc) is 2.41. The molecule has 0 unspecified atom stereocenters. The van der Waals surface area contributed by atoms with E-state index in [9.17, 15) is 8.78 Å². The van der Waals surface area contributed by atoms with Crippen LogP contribution in [0, 0.1) is 0 Å². The number of hydrogen-bond acceptors (Lipinski definition) is 1. The molecule has 2 aromatic rings. The van der Waals surface area contributed by atoms with Crippen molar-refractivity contribution in [1.82, 2.24) is 0 Å². The molecule has 1 nitrogen and oxygen atoms in total. The normalized spacial score (nSPS) is 11.5. The van der Waals surface area contributed by atoms with Crippen LogP contribution < -0.4 is 0 Å². The van der Waals surface area contributed by atoms with Crippen molar-refractivity contribution in [2.45, 2.75) is 12.5 Å². The van der Waals surface area contributed by atoms with Crippen LogP contribution in [0.15, 0.2) is 54.6 Å². The molecular weight excluding hydrogens is 234 g/mol. The second kappa shape index (κ2) is 5.27. The average molecular weight is 248 g/mol. The van der Waals surface area contributed by atoms with Crippen molar-refractivity contribution < 1.29 is 13.5 Å². The SMILES string of the molecule is COCc1ccc(C(F)(F)c2ccccc2)cc1. The summed E-state index contributed by atoms with van der Waals surface area (Å²) in [7, 11) is 1.58. The zero-order chi connectivity index (χ0) is 13.0. The predicted octanol–water partition coefficient (Wildman–Crippen LogP) is 3.97. The summed E-state index contributed by atoms with van der Waals surface area (Å²) in [6, 6.07) is 14.0. The van der Waals surface area contributed by atoms with E-state index in [1.807, 2.05) is 0 Å². The van der Waals surface area contributed by atoms with Crippen molar-refractivity contribution in [1.29, 1.82) is 0 Å². The van der Waals surface area contributed by atoms with Crippen LogP contribution in [0.1, 0.15) is 16.7 Å². The van der Waals surface area contributed by atoms with E-state index in [1.165, 1.54) is 24.3 Å². The highest BCUT2D eigenvalue weighted by molar-refractivity contribution is 5.34. The van der Waals surface area contributed by atoms with Gasteiger partial charge in [0.25, 0.3) is 5.92 Å². The van der Waals surface area contributed by atoms with Crippen LogP contribution in [-0.2, 0) is 17.3 Å². The maximum absolute atomic E-state index is 14.2. The molecule has 0 radical (unpaired) electrons. The zero-order valence-electron chi connectivity index (χ0n) is 10.1. The lowest BCUT2D eigenvalue weighted by Crippen LogP contribution is -2.14. The lowest BCUT2D eigenvalue weighted by atomic mass is 9.99. The van der Waals surface area contributed by atoms with Crippen molar-refractivity contribution in [3.8, 4) is 0 Å². The first kappa shape index (κ1) is 12.7. The third kappa shape index (κ3) is 2.57. The molecule has 0 atom stereocenters. The van der Waals surface area contributed by atoms with E-state index < -0.39 is 5.92 Å². The van der Waals surface area contributed by atoms with Crippen LogP contribution in [0.25, 0.3) is 0 Å². The maximum Gasteiger partial charge on any atom is 0.298 e. The van der Waals surface area contributed by atoms with Gasteiger partial charge in [-0.1, -0.05) is 54.6 Å². The molecule has 0 saturated carbocycles. The van der Waals surface area contributed by atoms with E-state index in [1.54, 1.807) is 37.4 Å². The van der Waals surface area contributed by atoms with Gasteiger partial charge in [-0.15, -0.1) is 0 Å². The van der Waals surface area contributed by atoms with E-state index in [0.717, 1.165) is 5.56 Å². The van der Waals surface area contributed by atoms with Gasteiger partial charge < -0.3 is 4.74 Å². The number of ether oxygens (including phenoxy) is 1. The minimum atomic E-state index is -2.97. The van der Waals surface area contributed by atoms with E-state index in [4.69, 9.17) is 4.74 Å². The molecular formula is C15H14F2O. The molecule has 0 aliphatic carbocycles. The molecule has 0 spiro atoms. The van der Waals surface area contributed by atoms with Gasteiger partial charge >= 0.3 is 0 Å². The van der Waals surface area contributed by atoms with Crippen LogP contribution in [-0.4, -0.2) is 7.11 Å². The van der Waals surface area contributed by atoms with Crippen molar-refractivity contribution in [3.05, 3.63) is 71.3 Å². The van der Waals surface area contributed by atoms with Gasteiger partial charge in [0, 0.05) is 18.2 Å². The Hall–Kier alpha value is -1.74. The van der Waals surface area contributed by atoms with E-state index in [0.29, 0.717) is 6.61 Å². The molecule has 18 heavy (non-hydrogen) atoms. The van der Waals surface area contributed by atoms with Gasteiger partial charge in [0.2, 0.25) is 0 Å². The Kier molecular flexibility index (Phi) is 3.72. The first-order valence-electron chi connectivity index (χ1n) is 5.66. The van der Waals surface area contributed by atoms with Gasteiger partial charge in [0.1, 0.15) is 0 Å². The second-order valence-electron chi connectivity index (χ2n) is 4.07. The van der Waals surface area contributed by atoms with Gasteiger partial charge in [-0.3, -0.25) is 0 Å². The number of benzene rings is 2. The van der Waals surface area contributed by atoms with E-state index in [-0.39, 0.29) is 11.1 Å². The van der Waals surface area contributed by atoms with Crippen LogP contribution >= 0.6 is 0 Å². The lowest BCUT2D eigenvalue weighted by Gasteiger charge is -2.17. The van der Waals surface area contributed by atoms with Crippen LogP contribution in [0.4, 0.5) is 8.78 Å². The summed E-state index contributed by atoms with van der Waals surface area (Å²) in [5.74, 6) is -2.97. The summed E-state index contributed by atoms with van der Waals surface area (Å²) in [4.78, 5) is 0. The number of hydrogen-bond donors (Lipinski definition) is 0. The molecule has 2 aromatic carbocycles. The molecule has 0 aliphatic heterocycles. The second-order valence-corrected chi connectivity index (χ2v) is 4.07. The Morgan fingerprint density at radius 2 is 1.44 bits per heavy atom. The number of alkyl halides is 2. The molecule has 94 valence electrons. The highest BCUT2D eigenvalue weighted by Crippen LogP contribution is 2.35. The molecule has 0 aliphatic rings. The molecule has 2 rings (SSSR count). The largest absolute Gasteiger partial charge is 0.380 e. The number of halogens is 2. The summed E-state index contributed by atoms with van der Waals surface area (Å²) < 4.78 is 33.3. The predicted molar refractivity (Wildman–Crippen MR) is 66.6 cm³/mol.